The number of aromatic nitrogens is 2. The highest BCUT2D eigenvalue weighted by molar-refractivity contribution is 6.30. The Bertz CT molecular complexity index is 1290. The van der Waals surface area contributed by atoms with Gasteiger partial charge in [-0.05, 0) is 20.2 Å². The minimum Gasteiger partial charge on any atom is -0.337 e. The third-order valence-electron chi connectivity index (χ3n) is 5.39. The van der Waals surface area contributed by atoms with E-state index in [1.54, 1.807) is 0 Å². The van der Waals surface area contributed by atoms with Crippen LogP contribution in [0.2, 0.25) is 0 Å². The van der Waals surface area contributed by atoms with Crippen molar-refractivity contribution in [3.63, 3.8) is 0 Å². The van der Waals surface area contributed by atoms with Crippen molar-refractivity contribution in [1.82, 2.24) is 19.8 Å². The molecule has 0 unspecified atom stereocenters. The highest BCUT2D eigenvalue weighted by Gasteiger charge is 2.34. The van der Waals surface area contributed by atoms with Crippen molar-refractivity contribution in [2.24, 2.45) is 0 Å². The molecule has 0 spiro atoms. The fraction of sp³-hybridized carbons (Fsp3) is 0.174. The molecule has 0 radical (unpaired) electrons. The normalized spacial score (nSPS) is 13.5. The monoisotopic (exact) mass is 384 g/mol. The molecule has 0 saturated carbocycles. The number of imide groups is 1. The quantitative estimate of drug-likeness (QED) is 0.548. The zero-order chi connectivity index (χ0) is 20.1. The number of pyridine rings is 1. The molecule has 4 aromatic rings. The number of benzene rings is 2. The SMILES string of the molecule is CN(C)CCn1c2ccccc2c2c3c(nc(-c4ccccc4)c21)C(=O)NC3=O. The predicted octanol–water partition coefficient (Wildman–Crippen LogP) is 3.30. The molecule has 0 atom stereocenters. The van der Waals surface area contributed by atoms with Crippen molar-refractivity contribution in [1.29, 1.82) is 0 Å². The largest absolute Gasteiger partial charge is 0.337 e. The second-order valence-corrected chi connectivity index (χ2v) is 7.53. The molecular formula is C23H20N4O2. The molecule has 2 aromatic carbocycles. The molecule has 2 aromatic heterocycles. The highest BCUT2D eigenvalue weighted by atomic mass is 16.2. The Hall–Kier alpha value is -3.51. The summed E-state index contributed by atoms with van der Waals surface area (Å²) in [5, 5.41) is 4.18. The van der Waals surface area contributed by atoms with Crippen molar-refractivity contribution < 1.29 is 9.59 Å². The van der Waals surface area contributed by atoms with Gasteiger partial charge in [0, 0.05) is 34.9 Å². The van der Waals surface area contributed by atoms with Crippen LogP contribution < -0.4 is 5.32 Å². The molecular weight excluding hydrogens is 364 g/mol. The Balaban J connectivity index is 1.97. The summed E-state index contributed by atoms with van der Waals surface area (Å²) >= 11 is 0. The summed E-state index contributed by atoms with van der Waals surface area (Å²) in [6, 6.07) is 17.8. The van der Waals surface area contributed by atoms with Gasteiger partial charge in [-0.1, -0.05) is 48.5 Å². The molecule has 2 amide bonds. The standard InChI is InChI=1S/C23H20N4O2/c1-26(2)12-13-27-16-11-7-6-10-15(16)17-18-20(23(29)25-22(18)28)24-19(21(17)27)14-8-4-3-5-9-14/h3-11H,12-13H2,1-2H3,(H,25,28,29). The molecule has 1 aliphatic rings. The topological polar surface area (TPSA) is 67.2 Å². The summed E-state index contributed by atoms with van der Waals surface area (Å²) in [5.41, 5.74) is 4.15. The number of fused-ring (bicyclic) bond motifs is 5. The summed E-state index contributed by atoms with van der Waals surface area (Å²) in [6.07, 6.45) is 0. The van der Waals surface area contributed by atoms with E-state index in [9.17, 15) is 9.59 Å². The molecule has 29 heavy (non-hydrogen) atoms. The van der Waals surface area contributed by atoms with Gasteiger partial charge in [0.2, 0.25) is 0 Å². The van der Waals surface area contributed by atoms with E-state index in [0.717, 1.165) is 46.2 Å². The summed E-state index contributed by atoms with van der Waals surface area (Å²) in [7, 11) is 4.07. The number of hydrogen-bond acceptors (Lipinski definition) is 4. The van der Waals surface area contributed by atoms with Gasteiger partial charge in [0.15, 0.2) is 0 Å². The van der Waals surface area contributed by atoms with Gasteiger partial charge < -0.3 is 9.47 Å². The van der Waals surface area contributed by atoms with Crippen molar-refractivity contribution in [2.75, 3.05) is 20.6 Å². The van der Waals surface area contributed by atoms with E-state index in [1.807, 2.05) is 62.6 Å². The van der Waals surface area contributed by atoms with Crippen molar-refractivity contribution >= 4 is 33.6 Å². The maximum absolute atomic E-state index is 12.7. The number of para-hydroxylation sites is 1. The summed E-state index contributed by atoms with van der Waals surface area (Å²) < 4.78 is 2.22. The van der Waals surface area contributed by atoms with Gasteiger partial charge in [-0.3, -0.25) is 14.9 Å². The van der Waals surface area contributed by atoms with Gasteiger partial charge in [0.1, 0.15) is 5.69 Å². The zero-order valence-electron chi connectivity index (χ0n) is 16.3. The highest BCUT2D eigenvalue weighted by Crippen LogP contribution is 2.39. The Labute approximate surface area is 167 Å². The van der Waals surface area contributed by atoms with Crippen LogP contribution in [-0.2, 0) is 6.54 Å². The van der Waals surface area contributed by atoms with Crippen LogP contribution in [0.15, 0.2) is 54.6 Å². The van der Waals surface area contributed by atoms with Crippen molar-refractivity contribution in [3.8, 4) is 11.3 Å². The van der Waals surface area contributed by atoms with Crippen LogP contribution in [0.25, 0.3) is 33.1 Å². The fourth-order valence-electron chi connectivity index (χ4n) is 4.08. The first-order valence-corrected chi connectivity index (χ1v) is 9.57. The summed E-state index contributed by atoms with van der Waals surface area (Å²) in [4.78, 5) is 31.9. The molecule has 0 fully saturated rings. The molecule has 6 nitrogen and oxygen atoms in total. The van der Waals surface area contributed by atoms with Crippen LogP contribution in [0.4, 0.5) is 0 Å². The molecule has 1 aliphatic heterocycles. The number of hydrogen-bond donors (Lipinski definition) is 1. The maximum atomic E-state index is 12.7. The van der Waals surface area contributed by atoms with Crippen LogP contribution in [0, 0.1) is 0 Å². The van der Waals surface area contributed by atoms with Crippen molar-refractivity contribution in [2.45, 2.75) is 6.54 Å². The minimum absolute atomic E-state index is 0.205. The van der Waals surface area contributed by atoms with Gasteiger partial charge in [-0.25, -0.2) is 4.98 Å². The number of carbonyl (C=O) groups excluding carboxylic acids is 2. The molecule has 5 rings (SSSR count). The smallest absolute Gasteiger partial charge is 0.277 e. The first-order chi connectivity index (χ1) is 14.1. The van der Waals surface area contributed by atoms with E-state index in [1.165, 1.54) is 0 Å². The van der Waals surface area contributed by atoms with E-state index < -0.39 is 5.91 Å². The van der Waals surface area contributed by atoms with E-state index in [-0.39, 0.29) is 11.6 Å². The Morgan fingerprint density at radius 2 is 1.66 bits per heavy atom. The van der Waals surface area contributed by atoms with Gasteiger partial charge in [-0.15, -0.1) is 0 Å². The minimum atomic E-state index is -0.436. The molecule has 1 N–H and O–H groups in total. The summed E-state index contributed by atoms with van der Waals surface area (Å²) in [5.74, 6) is -0.813. The number of nitrogens with zero attached hydrogens (tertiary/aromatic N) is 3. The molecule has 0 aliphatic carbocycles. The zero-order valence-corrected chi connectivity index (χ0v) is 16.3. The Morgan fingerprint density at radius 3 is 2.41 bits per heavy atom. The van der Waals surface area contributed by atoms with Crippen LogP contribution >= 0.6 is 0 Å². The third kappa shape index (κ3) is 2.64. The fourth-order valence-corrected chi connectivity index (χ4v) is 4.08. The van der Waals surface area contributed by atoms with Crippen LogP contribution in [0.1, 0.15) is 20.8 Å². The number of carbonyl (C=O) groups is 2. The van der Waals surface area contributed by atoms with Gasteiger partial charge in [0.05, 0.1) is 16.8 Å². The van der Waals surface area contributed by atoms with Crippen LogP contribution in [0.5, 0.6) is 0 Å². The molecule has 3 heterocycles. The number of amides is 2. The van der Waals surface area contributed by atoms with Gasteiger partial charge >= 0.3 is 0 Å². The molecule has 144 valence electrons. The lowest BCUT2D eigenvalue weighted by atomic mass is 10.0. The average molecular weight is 384 g/mol. The number of nitrogens with one attached hydrogen (secondary N) is 1. The first kappa shape index (κ1) is 17.6. The molecule has 0 saturated heterocycles. The van der Waals surface area contributed by atoms with E-state index >= 15 is 0 Å². The second-order valence-electron chi connectivity index (χ2n) is 7.53. The number of rotatable bonds is 4. The van der Waals surface area contributed by atoms with E-state index in [2.05, 4.69) is 20.9 Å². The molecule has 6 heteroatoms. The first-order valence-electron chi connectivity index (χ1n) is 9.57. The lowest BCUT2D eigenvalue weighted by Gasteiger charge is -2.14. The van der Waals surface area contributed by atoms with Crippen LogP contribution in [-0.4, -0.2) is 46.9 Å². The van der Waals surface area contributed by atoms with E-state index in [0.29, 0.717) is 5.56 Å². The van der Waals surface area contributed by atoms with Gasteiger partial charge in [0.25, 0.3) is 11.8 Å². The predicted molar refractivity (Wildman–Crippen MR) is 113 cm³/mol. The molecule has 0 bridgehead atoms. The van der Waals surface area contributed by atoms with Crippen molar-refractivity contribution in [3.05, 3.63) is 65.9 Å². The summed E-state index contributed by atoms with van der Waals surface area (Å²) in [6.45, 7) is 1.58. The number of likely N-dealkylation sites (N-methyl/N-ethyl adjacent to an activating group) is 1. The van der Waals surface area contributed by atoms with Crippen LogP contribution in [0.3, 0.4) is 0 Å². The maximum Gasteiger partial charge on any atom is 0.277 e. The Morgan fingerprint density at radius 1 is 0.931 bits per heavy atom. The second kappa shape index (κ2) is 6.53. The average Bonchev–Trinajstić information content (AvgIpc) is 3.20. The third-order valence-corrected chi connectivity index (χ3v) is 5.39. The lowest BCUT2D eigenvalue weighted by molar-refractivity contribution is 0.0878. The Kier molecular flexibility index (Phi) is 3.96. The van der Waals surface area contributed by atoms with Gasteiger partial charge in [-0.2, -0.15) is 0 Å². The van der Waals surface area contributed by atoms with E-state index in [4.69, 9.17) is 4.98 Å². The lowest BCUT2D eigenvalue weighted by Crippen LogP contribution is -2.20.